The van der Waals surface area contributed by atoms with Crippen LogP contribution in [0.4, 0.5) is 10.5 Å². The van der Waals surface area contributed by atoms with Crippen molar-refractivity contribution < 1.29 is 9.59 Å². The van der Waals surface area contributed by atoms with Gasteiger partial charge in [0, 0.05) is 25.4 Å². The highest BCUT2D eigenvalue weighted by Crippen LogP contribution is 2.18. The number of pyridine rings is 1. The zero-order valence-electron chi connectivity index (χ0n) is 14.8. The van der Waals surface area contributed by atoms with E-state index in [1.54, 1.807) is 11.1 Å². The number of hydrogen-bond donors (Lipinski definition) is 2. The molecule has 0 fully saturated rings. The van der Waals surface area contributed by atoms with Crippen LogP contribution in [0.3, 0.4) is 0 Å². The van der Waals surface area contributed by atoms with Crippen LogP contribution < -0.4 is 10.6 Å². The normalized spacial score (nSPS) is 11.5. The maximum atomic E-state index is 12.5. The van der Waals surface area contributed by atoms with E-state index in [1.807, 2.05) is 56.3 Å². The maximum absolute atomic E-state index is 12.5. The van der Waals surface area contributed by atoms with Crippen molar-refractivity contribution in [1.82, 2.24) is 15.2 Å². The minimum Gasteiger partial charge on any atom is -0.331 e. The molecule has 2 rings (SSSR count). The van der Waals surface area contributed by atoms with Crippen LogP contribution >= 0.6 is 0 Å². The summed E-state index contributed by atoms with van der Waals surface area (Å²) < 4.78 is 0. The Bertz CT molecular complexity index is 718. The molecule has 0 saturated heterocycles. The molecule has 6 heteroatoms. The van der Waals surface area contributed by atoms with Crippen LogP contribution in [0, 0.1) is 0 Å². The second kappa shape index (κ2) is 8.82. The van der Waals surface area contributed by atoms with Gasteiger partial charge in [-0.25, -0.2) is 4.79 Å². The summed E-state index contributed by atoms with van der Waals surface area (Å²) in [5, 5.41) is 5.74. The van der Waals surface area contributed by atoms with E-state index in [4.69, 9.17) is 0 Å². The zero-order chi connectivity index (χ0) is 18.2. The first-order valence-corrected chi connectivity index (χ1v) is 8.32. The molecule has 6 nitrogen and oxygen atoms in total. The van der Waals surface area contributed by atoms with Crippen molar-refractivity contribution in [2.24, 2.45) is 0 Å². The number of urea groups is 1. The van der Waals surface area contributed by atoms with Crippen LogP contribution in [0.2, 0.25) is 0 Å². The van der Waals surface area contributed by atoms with E-state index in [-0.39, 0.29) is 18.0 Å². The lowest BCUT2D eigenvalue weighted by atomic mass is 10.1. The first-order chi connectivity index (χ1) is 12.0. The molecule has 0 radical (unpaired) electrons. The molecule has 25 heavy (non-hydrogen) atoms. The average Bonchev–Trinajstić information content (AvgIpc) is 2.60. The predicted molar refractivity (Wildman–Crippen MR) is 98.0 cm³/mol. The minimum atomic E-state index is -0.181. The highest BCUT2D eigenvalue weighted by atomic mass is 16.2. The van der Waals surface area contributed by atoms with Gasteiger partial charge < -0.3 is 15.5 Å². The van der Waals surface area contributed by atoms with Crippen molar-refractivity contribution in [3.05, 3.63) is 59.9 Å². The fraction of sp³-hybridized carbons (Fsp3) is 0.316. The smallest absolute Gasteiger partial charge is 0.318 e. The van der Waals surface area contributed by atoms with Gasteiger partial charge in [0.15, 0.2) is 0 Å². The van der Waals surface area contributed by atoms with Gasteiger partial charge in [-0.05, 0) is 43.7 Å². The lowest BCUT2D eigenvalue weighted by Gasteiger charge is -2.24. The zero-order valence-corrected chi connectivity index (χ0v) is 14.8. The number of anilines is 1. The standard InChI is InChI=1S/C19H24N4O2/c1-4-23(13-18-9-5-6-11-20-18)19(25)21-14(2)16-8-7-10-17(12-16)22-15(3)24/h5-12,14H,4,13H2,1-3H3,(H,21,25)(H,22,24). The first-order valence-electron chi connectivity index (χ1n) is 8.32. The van der Waals surface area contributed by atoms with E-state index in [0.717, 1.165) is 11.3 Å². The van der Waals surface area contributed by atoms with Gasteiger partial charge in [0.2, 0.25) is 5.91 Å². The lowest BCUT2D eigenvalue weighted by molar-refractivity contribution is -0.114. The lowest BCUT2D eigenvalue weighted by Crippen LogP contribution is -2.40. The van der Waals surface area contributed by atoms with Crippen molar-refractivity contribution >= 4 is 17.6 Å². The largest absolute Gasteiger partial charge is 0.331 e. The molecule has 1 atom stereocenters. The van der Waals surface area contributed by atoms with Crippen LogP contribution in [0.15, 0.2) is 48.7 Å². The van der Waals surface area contributed by atoms with Gasteiger partial charge in [0.1, 0.15) is 0 Å². The van der Waals surface area contributed by atoms with E-state index < -0.39 is 0 Å². The molecular weight excluding hydrogens is 316 g/mol. The molecular formula is C19H24N4O2. The number of carbonyl (C=O) groups excluding carboxylic acids is 2. The van der Waals surface area contributed by atoms with E-state index >= 15 is 0 Å². The molecule has 3 amide bonds. The number of rotatable bonds is 6. The van der Waals surface area contributed by atoms with Crippen molar-refractivity contribution in [3.63, 3.8) is 0 Å². The quantitative estimate of drug-likeness (QED) is 0.847. The number of nitrogens with zero attached hydrogens (tertiary/aromatic N) is 2. The molecule has 0 aliphatic rings. The van der Waals surface area contributed by atoms with Crippen molar-refractivity contribution in [1.29, 1.82) is 0 Å². The van der Waals surface area contributed by atoms with Crippen LogP contribution in [-0.2, 0) is 11.3 Å². The van der Waals surface area contributed by atoms with Gasteiger partial charge in [-0.2, -0.15) is 0 Å². The second-order valence-corrected chi connectivity index (χ2v) is 5.81. The Kier molecular flexibility index (Phi) is 6.51. The molecule has 2 N–H and O–H groups in total. The SMILES string of the molecule is CCN(Cc1ccccn1)C(=O)NC(C)c1cccc(NC(C)=O)c1. The second-order valence-electron chi connectivity index (χ2n) is 5.81. The minimum absolute atomic E-state index is 0.124. The van der Waals surface area contributed by atoms with Crippen LogP contribution in [0.25, 0.3) is 0 Å². The summed E-state index contributed by atoms with van der Waals surface area (Å²) in [5.41, 5.74) is 2.49. The van der Waals surface area contributed by atoms with E-state index in [9.17, 15) is 9.59 Å². The average molecular weight is 340 g/mol. The number of carbonyl (C=O) groups is 2. The Labute approximate surface area is 148 Å². The summed E-state index contributed by atoms with van der Waals surface area (Å²) in [6.45, 7) is 6.36. The summed E-state index contributed by atoms with van der Waals surface area (Å²) in [7, 11) is 0. The van der Waals surface area contributed by atoms with Crippen LogP contribution in [0.1, 0.15) is 38.1 Å². The Morgan fingerprint density at radius 2 is 2.00 bits per heavy atom. The Morgan fingerprint density at radius 3 is 2.64 bits per heavy atom. The Hall–Kier alpha value is -2.89. The molecule has 1 aromatic carbocycles. The molecule has 1 heterocycles. The summed E-state index contributed by atoms with van der Waals surface area (Å²) >= 11 is 0. The highest BCUT2D eigenvalue weighted by Gasteiger charge is 2.16. The maximum Gasteiger partial charge on any atom is 0.318 e. The number of aromatic nitrogens is 1. The third kappa shape index (κ3) is 5.60. The fourth-order valence-corrected chi connectivity index (χ4v) is 2.46. The molecule has 0 aliphatic heterocycles. The number of amides is 3. The molecule has 1 aromatic heterocycles. The first kappa shape index (κ1) is 18.4. The molecule has 1 unspecified atom stereocenters. The molecule has 132 valence electrons. The molecule has 0 saturated carbocycles. The van der Waals surface area contributed by atoms with Crippen molar-refractivity contribution in [3.8, 4) is 0 Å². The number of nitrogens with one attached hydrogen (secondary N) is 2. The van der Waals surface area contributed by atoms with Gasteiger partial charge in [0.25, 0.3) is 0 Å². The Morgan fingerprint density at radius 1 is 1.20 bits per heavy atom. The summed E-state index contributed by atoms with van der Waals surface area (Å²) in [5.74, 6) is -0.124. The third-order valence-corrected chi connectivity index (χ3v) is 3.79. The molecule has 0 bridgehead atoms. The van der Waals surface area contributed by atoms with Gasteiger partial charge >= 0.3 is 6.03 Å². The molecule has 0 aliphatic carbocycles. The van der Waals surface area contributed by atoms with Gasteiger partial charge in [-0.3, -0.25) is 9.78 Å². The van der Waals surface area contributed by atoms with E-state index in [0.29, 0.717) is 18.8 Å². The predicted octanol–water partition coefficient (Wildman–Crippen LogP) is 3.33. The summed E-state index contributed by atoms with van der Waals surface area (Å²) in [4.78, 5) is 29.7. The topological polar surface area (TPSA) is 74.3 Å². The highest BCUT2D eigenvalue weighted by molar-refractivity contribution is 5.88. The van der Waals surface area contributed by atoms with E-state index in [1.165, 1.54) is 6.92 Å². The molecule has 2 aromatic rings. The van der Waals surface area contributed by atoms with Crippen LogP contribution in [0.5, 0.6) is 0 Å². The third-order valence-electron chi connectivity index (χ3n) is 3.79. The summed E-state index contributed by atoms with van der Waals surface area (Å²) in [6, 6.07) is 12.8. The van der Waals surface area contributed by atoms with Gasteiger partial charge in [0.05, 0.1) is 18.3 Å². The van der Waals surface area contributed by atoms with E-state index in [2.05, 4.69) is 15.6 Å². The van der Waals surface area contributed by atoms with Crippen molar-refractivity contribution in [2.75, 3.05) is 11.9 Å². The van der Waals surface area contributed by atoms with Crippen LogP contribution in [-0.4, -0.2) is 28.4 Å². The summed E-state index contributed by atoms with van der Waals surface area (Å²) in [6.07, 6.45) is 1.72. The molecule has 0 spiro atoms. The van der Waals surface area contributed by atoms with Gasteiger partial charge in [-0.15, -0.1) is 0 Å². The van der Waals surface area contributed by atoms with Gasteiger partial charge in [-0.1, -0.05) is 18.2 Å². The van der Waals surface area contributed by atoms with Crippen molar-refractivity contribution in [2.45, 2.75) is 33.4 Å². The number of hydrogen-bond acceptors (Lipinski definition) is 3. The Balaban J connectivity index is 2.01. The monoisotopic (exact) mass is 340 g/mol. The fourth-order valence-electron chi connectivity index (χ4n) is 2.46. The number of benzene rings is 1.